The number of nitrogens with one attached hydrogen (secondary N) is 1. The number of nitrogens with zero attached hydrogens (tertiary/aromatic N) is 1. The van der Waals surface area contributed by atoms with E-state index in [9.17, 15) is 4.79 Å². The van der Waals surface area contributed by atoms with Crippen molar-refractivity contribution in [2.45, 2.75) is 32.7 Å². The van der Waals surface area contributed by atoms with E-state index in [-0.39, 0.29) is 12.1 Å². The average molecular weight is 520 g/mol. The molecule has 38 heavy (non-hydrogen) atoms. The van der Waals surface area contributed by atoms with E-state index in [1.165, 1.54) is 0 Å². The minimum Gasteiger partial charge on any atom is -0.497 e. The summed E-state index contributed by atoms with van der Waals surface area (Å²) in [6.45, 7) is 5.57. The number of carbonyl (C=O) groups excluding carboxylic acids is 1. The number of anilines is 1. The number of rotatable bonds is 9. The Morgan fingerprint density at radius 2 is 1.76 bits per heavy atom. The Bertz CT molecular complexity index is 1290. The molecule has 1 atom stereocenters. The number of hydrogen-bond donors (Lipinski definition) is 2. The van der Waals surface area contributed by atoms with Crippen molar-refractivity contribution in [1.29, 1.82) is 0 Å². The molecule has 0 spiro atoms. The number of nitrogen functional groups attached to an aromatic ring is 1. The molecule has 0 bridgehead atoms. The summed E-state index contributed by atoms with van der Waals surface area (Å²) in [4.78, 5) is 15.1. The molecule has 202 valence electrons. The lowest BCUT2D eigenvalue weighted by Crippen LogP contribution is -2.46. The summed E-state index contributed by atoms with van der Waals surface area (Å²) in [5.74, 6) is 2.75. The minimum atomic E-state index is -0.272. The summed E-state index contributed by atoms with van der Waals surface area (Å²) in [6.07, 6.45) is 1.39. The average Bonchev–Trinajstić information content (AvgIpc) is 2.93. The molecule has 0 fully saturated rings. The number of carbonyl (C=O) groups is 1. The molecule has 1 unspecified atom stereocenters. The zero-order valence-corrected chi connectivity index (χ0v) is 22.8. The third-order valence-corrected chi connectivity index (χ3v) is 6.96. The van der Waals surface area contributed by atoms with Gasteiger partial charge in [0.2, 0.25) is 0 Å². The summed E-state index contributed by atoms with van der Waals surface area (Å²) in [7, 11) is 4.91. The standard InChI is InChI=1S/C30H37N3O5/c1-6-32-30(34)33-13-11-21-17-27(37-5)28(38-14-12-20-7-10-25(31)26(16-20)36-4)18-24(21)29(33)23-9-8-22(35-3)15-19(23)2/h7-10,15-18,29H,6,11-14,31H2,1-5H3,(H,32,34). The zero-order chi connectivity index (χ0) is 27.2. The van der Waals surface area contributed by atoms with Gasteiger partial charge in [-0.15, -0.1) is 0 Å². The highest BCUT2D eigenvalue weighted by Gasteiger charge is 2.34. The first-order valence-corrected chi connectivity index (χ1v) is 12.8. The van der Waals surface area contributed by atoms with Crippen molar-refractivity contribution in [3.63, 3.8) is 0 Å². The van der Waals surface area contributed by atoms with Gasteiger partial charge in [0.15, 0.2) is 11.5 Å². The monoisotopic (exact) mass is 519 g/mol. The molecule has 0 radical (unpaired) electrons. The van der Waals surface area contributed by atoms with Gasteiger partial charge in [-0.3, -0.25) is 0 Å². The number of urea groups is 1. The van der Waals surface area contributed by atoms with E-state index in [4.69, 9.17) is 24.7 Å². The van der Waals surface area contributed by atoms with Gasteiger partial charge in [0.25, 0.3) is 0 Å². The van der Waals surface area contributed by atoms with Crippen molar-refractivity contribution in [2.24, 2.45) is 0 Å². The van der Waals surface area contributed by atoms with Gasteiger partial charge >= 0.3 is 6.03 Å². The van der Waals surface area contributed by atoms with E-state index in [1.807, 2.05) is 67.3 Å². The Labute approximate surface area is 224 Å². The van der Waals surface area contributed by atoms with E-state index < -0.39 is 0 Å². The first-order valence-electron chi connectivity index (χ1n) is 12.8. The normalized spacial score (nSPS) is 14.4. The number of aryl methyl sites for hydroxylation is 1. The van der Waals surface area contributed by atoms with Crippen LogP contribution < -0.4 is 30.0 Å². The van der Waals surface area contributed by atoms with Crippen molar-refractivity contribution in [1.82, 2.24) is 10.2 Å². The largest absolute Gasteiger partial charge is 0.497 e. The third-order valence-electron chi connectivity index (χ3n) is 6.96. The molecule has 1 aliphatic rings. The van der Waals surface area contributed by atoms with Gasteiger partial charge in [0, 0.05) is 19.5 Å². The van der Waals surface area contributed by atoms with Crippen LogP contribution in [0.4, 0.5) is 10.5 Å². The molecule has 0 saturated carbocycles. The molecule has 0 aromatic heterocycles. The van der Waals surface area contributed by atoms with E-state index in [1.54, 1.807) is 21.3 Å². The van der Waals surface area contributed by atoms with Gasteiger partial charge in [-0.05, 0) is 84.5 Å². The minimum absolute atomic E-state index is 0.0889. The van der Waals surface area contributed by atoms with Crippen LogP contribution in [0.2, 0.25) is 0 Å². The number of benzene rings is 3. The van der Waals surface area contributed by atoms with Crippen LogP contribution in [0, 0.1) is 6.92 Å². The number of fused-ring (bicyclic) bond motifs is 1. The van der Waals surface area contributed by atoms with E-state index in [0.29, 0.717) is 49.1 Å². The Hall–Kier alpha value is -4.07. The molecular formula is C30H37N3O5. The Morgan fingerprint density at radius 1 is 0.974 bits per heavy atom. The molecule has 8 nitrogen and oxygen atoms in total. The number of methoxy groups -OCH3 is 3. The maximum atomic E-state index is 13.2. The molecule has 2 amide bonds. The quantitative estimate of drug-likeness (QED) is 0.391. The second-order valence-corrected chi connectivity index (χ2v) is 9.28. The summed E-state index contributed by atoms with van der Waals surface area (Å²) in [6, 6.07) is 15.4. The lowest BCUT2D eigenvalue weighted by atomic mass is 9.86. The molecular weight excluding hydrogens is 482 g/mol. The lowest BCUT2D eigenvalue weighted by molar-refractivity contribution is 0.180. The Morgan fingerprint density at radius 3 is 2.45 bits per heavy atom. The summed E-state index contributed by atoms with van der Waals surface area (Å²) >= 11 is 0. The SMILES string of the molecule is CCNC(=O)N1CCc2cc(OC)c(OCCc3ccc(N)c(OC)c3)cc2C1c1ccc(OC)cc1C. The van der Waals surface area contributed by atoms with Crippen molar-refractivity contribution >= 4 is 11.7 Å². The predicted octanol–water partition coefficient (Wildman–Crippen LogP) is 4.90. The van der Waals surface area contributed by atoms with Gasteiger partial charge in [-0.2, -0.15) is 0 Å². The fourth-order valence-electron chi connectivity index (χ4n) is 4.98. The smallest absolute Gasteiger partial charge is 0.318 e. The highest BCUT2D eigenvalue weighted by atomic mass is 16.5. The van der Waals surface area contributed by atoms with Gasteiger partial charge in [0.05, 0.1) is 39.7 Å². The lowest BCUT2D eigenvalue weighted by Gasteiger charge is -2.38. The van der Waals surface area contributed by atoms with E-state index in [0.717, 1.165) is 40.0 Å². The van der Waals surface area contributed by atoms with Crippen molar-refractivity contribution in [3.05, 3.63) is 76.3 Å². The second-order valence-electron chi connectivity index (χ2n) is 9.28. The molecule has 1 aliphatic heterocycles. The number of ether oxygens (including phenoxy) is 4. The Balaban J connectivity index is 1.68. The molecule has 8 heteroatoms. The molecule has 3 aromatic carbocycles. The van der Waals surface area contributed by atoms with Crippen LogP contribution in [0.3, 0.4) is 0 Å². The number of amides is 2. The van der Waals surface area contributed by atoms with Crippen molar-refractivity contribution < 1.29 is 23.7 Å². The van der Waals surface area contributed by atoms with E-state index in [2.05, 4.69) is 5.32 Å². The van der Waals surface area contributed by atoms with Crippen LogP contribution in [0.25, 0.3) is 0 Å². The van der Waals surface area contributed by atoms with Crippen LogP contribution in [-0.2, 0) is 12.8 Å². The maximum Gasteiger partial charge on any atom is 0.318 e. The summed E-state index contributed by atoms with van der Waals surface area (Å²) in [5.41, 5.74) is 11.9. The molecule has 3 aromatic rings. The molecule has 4 rings (SSSR count). The molecule has 0 aliphatic carbocycles. The van der Waals surface area contributed by atoms with Crippen molar-refractivity contribution in [3.8, 4) is 23.0 Å². The number of hydrogen-bond acceptors (Lipinski definition) is 6. The highest BCUT2D eigenvalue weighted by Crippen LogP contribution is 2.42. The first kappa shape index (κ1) is 27.0. The van der Waals surface area contributed by atoms with Crippen LogP contribution in [0.1, 0.15) is 40.8 Å². The summed E-state index contributed by atoms with van der Waals surface area (Å²) in [5, 5.41) is 2.98. The van der Waals surface area contributed by atoms with Gasteiger partial charge < -0.3 is 34.9 Å². The molecule has 3 N–H and O–H groups in total. The topological polar surface area (TPSA) is 95.3 Å². The van der Waals surface area contributed by atoms with Crippen LogP contribution in [0.5, 0.6) is 23.0 Å². The van der Waals surface area contributed by atoms with Crippen LogP contribution >= 0.6 is 0 Å². The second kappa shape index (κ2) is 12.0. The predicted molar refractivity (Wildman–Crippen MR) is 149 cm³/mol. The van der Waals surface area contributed by atoms with Crippen molar-refractivity contribution in [2.75, 3.05) is 46.8 Å². The first-order chi connectivity index (χ1) is 18.4. The third kappa shape index (κ3) is 5.59. The fraction of sp³-hybridized carbons (Fsp3) is 0.367. The Kier molecular flexibility index (Phi) is 8.51. The van der Waals surface area contributed by atoms with E-state index >= 15 is 0 Å². The molecule has 0 saturated heterocycles. The zero-order valence-electron chi connectivity index (χ0n) is 22.8. The summed E-state index contributed by atoms with van der Waals surface area (Å²) < 4.78 is 22.7. The maximum absolute atomic E-state index is 13.2. The van der Waals surface area contributed by atoms with Crippen LogP contribution in [-0.4, -0.2) is 52.0 Å². The number of nitrogens with two attached hydrogens (primary N) is 1. The van der Waals surface area contributed by atoms with Gasteiger partial charge in [-0.25, -0.2) is 4.79 Å². The fourth-order valence-corrected chi connectivity index (χ4v) is 4.98. The van der Waals surface area contributed by atoms with Gasteiger partial charge in [-0.1, -0.05) is 12.1 Å². The molecule has 1 heterocycles. The van der Waals surface area contributed by atoms with Gasteiger partial charge in [0.1, 0.15) is 11.5 Å². The van der Waals surface area contributed by atoms with Crippen LogP contribution in [0.15, 0.2) is 48.5 Å². The highest BCUT2D eigenvalue weighted by molar-refractivity contribution is 5.76.